The van der Waals surface area contributed by atoms with Crippen LogP contribution in [-0.2, 0) is 17.5 Å². The van der Waals surface area contributed by atoms with Crippen LogP contribution in [0.2, 0.25) is 0 Å². The minimum absolute atomic E-state index is 0.327. The lowest BCUT2D eigenvalue weighted by Crippen LogP contribution is -2.22. The Morgan fingerprint density at radius 2 is 2.00 bits per heavy atom. The number of amides is 1. The Bertz CT molecular complexity index is 1050. The molecule has 1 amide bonds. The fraction of sp³-hybridized carbons (Fsp3) is 0.350. The van der Waals surface area contributed by atoms with Gasteiger partial charge >= 0.3 is 6.18 Å². The predicted molar refractivity (Wildman–Crippen MR) is 103 cm³/mol. The highest BCUT2D eigenvalue weighted by Crippen LogP contribution is 2.29. The molecule has 0 saturated heterocycles. The van der Waals surface area contributed by atoms with E-state index in [0.29, 0.717) is 23.7 Å². The number of carbonyl (C=O) groups excluding carboxylic acids is 1. The number of hydrogen-bond acceptors (Lipinski definition) is 3. The number of alkyl halides is 3. The van der Waals surface area contributed by atoms with Crippen molar-refractivity contribution in [2.24, 2.45) is 5.92 Å². The summed E-state index contributed by atoms with van der Waals surface area (Å²) in [6, 6.07) is 4.08. The van der Waals surface area contributed by atoms with Gasteiger partial charge in [-0.3, -0.25) is 9.59 Å². The van der Waals surface area contributed by atoms with E-state index in [1.165, 1.54) is 6.08 Å². The van der Waals surface area contributed by atoms with Crippen LogP contribution >= 0.6 is 0 Å². The molecule has 0 aromatic carbocycles. The van der Waals surface area contributed by atoms with Gasteiger partial charge in [0.05, 0.1) is 5.56 Å². The Kier molecular flexibility index (Phi) is 6.37. The van der Waals surface area contributed by atoms with Crippen molar-refractivity contribution >= 4 is 17.7 Å². The van der Waals surface area contributed by atoms with Gasteiger partial charge in [0.1, 0.15) is 17.3 Å². The maximum atomic E-state index is 12.8. The van der Waals surface area contributed by atoms with Gasteiger partial charge < -0.3 is 14.9 Å². The summed E-state index contributed by atoms with van der Waals surface area (Å²) in [5.41, 5.74) is -0.482. The molecule has 0 fully saturated rings. The van der Waals surface area contributed by atoms with Crippen LogP contribution < -0.4 is 10.9 Å². The molecule has 0 bridgehead atoms. The van der Waals surface area contributed by atoms with E-state index >= 15 is 0 Å². The second-order valence-electron chi connectivity index (χ2n) is 7.08. The standard InChI is InChI=1S/C20H21F3N4O2/c1-11(2)10-27-12(3)5-14(13(27)4)6-15(8-24)18(28)26-17-7-16(20(21,22)23)9-25-19(17)29/h5-7,9,11H,10H2,1-4H3,(H,25,29)(H,26,28)/b15-6-. The number of aryl methyl sites for hydroxylation is 1. The molecular formula is C20H21F3N4O2. The van der Waals surface area contributed by atoms with Crippen molar-refractivity contribution in [1.82, 2.24) is 9.55 Å². The largest absolute Gasteiger partial charge is 0.417 e. The highest BCUT2D eigenvalue weighted by molar-refractivity contribution is 6.09. The van der Waals surface area contributed by atoms with Crippen molar-refractivity contribution in [3.8, 4) is 6.07 Å². The van der Waals surface area contributed by atoms with Crippen LogP contribution in [0.5, 0.6) is 0 Å². The maximum Gasteiger partial charge on any atom is 0.417 e. The number of rotatable bonds is 5. The fourth-order valence-electron chi connectivity index (χ4n) is 2.85. The molecule has 0 radical (unpaired) electrons. The van der Waals surface area contributed by atoms with E-state index in [-0.39, 0.29) is 5.57 Å². The minimum atomic E-state index is -4.69. The molecule has 154 valence electrons. The summed E-state index contributed by atoms with van der Waals surface area (Å²) in [4.78, 5) is 26.1. The van der Waals surface area contributed by atoms with E-state index in [1.54, 1.807) is 6.07 Å². The molecule has 6 nitrogen and oxygen atoms in total. The Morgan fingerprint density at radius 1 is 1.34 bits per heavy atom. The van der Waals surface area contributed by atoms with Gasteiger partial charge in [-0.15, -0.1) is 0 Å². The molecular weight excluding hydrogens is 385 g/mol. The number of hydrogen-bond donors (Lipinski definition) is 2. The molecule has 2 rings (SSSR count). The lowest BCUT2D eigenvalue weighted by atomic mass is 10.1. The van der Waals surface area contributed by atoms with Crippen LogP contribution in [0, 0.1) is 31.1 Å². The van der Waals surface area contributed by atoms with Crippen molar-refractivity contribution in [3.05, 3.63) is 56.8 Å². The molecule has 2 aromatic heterocycles. The molecule has 0 unspecified atom stereocenters. The number of nitriles is 1. The topological polar surface area (TPSA) is 90.7 Å². The number of aromatic nitrogens is 2. The fourth-order valence-corrected chi connectivity index (χ4v) is 2.85. The van der Waals surface area contributed by atoms with Crippen LogP contribution in [-0.4, -0.2) is 15.5 Å². The van der Waals surface area contributed by atoms with Gasteiger partial charge in [0.2, 0.25) is 0 Å². The Labute approximate surface area is 165 Å². The first-order valence-electron chi connectivity index (χ1n) is 8.83. The summed E-state index contributed by atoms with van der Waals surface area (Å²) in [6.45, 7) is 8.65. The summed E-state index contributed by atoms with van der Waals surface area (Å²) < 4.78 is 40.5. The summed E-state index contributed by atoms with van der Waals surface area (Å²) in [5.74, 6) is -0.575. The Hall–Kier alpha value is -3.28. The first kappa shape index (κ1) is 22.0. The molecule has 0 aliphatic carbocycles. The number of anilines is 1. The summed E-state index contributed by atoms with van der Waals surface area (Å²) >= 11 is 0. The average Bonchev–Trinajstić information content (AvgIpc) is 2.87. The van der Waals surface area contributed by atoms with Crippen molar-refractivity contribution in [3.63, 3.8) is 0 Å². The highest BCUT2D eigenvalue weighted by Gasteiger charge is 2.31. The molecule has 0 spiro atoms. The lowest BCUT2D eigenvalue weighted by Gasteiger charge is -2.12. The number of aromatic amines is 1. The third kappa shape index (κ3) is 5.16. The van der Waals surface area contributed by atoms with Crippen molar-refractivity contribution < 1.29 is 18.0 Å². The van der Waals surface area contributed by atoms with E-state index in [1.807, 2.05) is 24.9 Å². The van der Waals surface area contributed by atoms with E-state index in [4.69, 9.17) is 0 Å². The van der Waals surface area contributed by atoms with Crippen LogP contribution in [0.1, 0.15) is 36.4 Å². The molecule has 2 N–H and O–H groups in total. The van der Waals surface area contributed by atoms with Gasteiger partial charge in [0, 0.05) is 24.1 Å². The quantitative estimate of drug-likeness (QED) is 0.581. The second kappa shape index (κ2) is 8.39. The normalized spacial score (nSPS) is 12.2. The van der Waals surface area contributed by atoms with Gasteiger partial charge in [-0.2, -0.15) is 18.4 Å². The zero-order valence-corrected chi connectivity index (χ0v) is 16.4. The SMILES string of the molecule is Cc1cc(/C=C(/C#N)C(=O)Nc2cc(C(F)(F)F)c[nH]c2=O)c(C)n1CC(C)C. The van der Waals surface area contributed by atoms with Crippen LogP contribution in [0.25, 0.3) is 6.08 Å². The molecule has 2 heterocycles. The molecule has 0 atom stereocenters. The molecule has 2 aromatic rings. The zero-order chi connectivity index (χ0) is 21.9. The molecule has 0 aliphatic rings. The minimum Gasteiger partial charge on any atom is -0.348 e. The molecule has 9 heteroatoms. The zero-order valence-electron chi connectivity index (χ0n) is 16.4. The molecule has 29 heavy (non-hydrogen) atoms. The third-order valence-electron chi connectivity index (χ3n) is 4.30. The first-order valence-corrected chi connectivity index (χ1v) is 8.83. The van der Waals surface area contributed by atoms with Crippen molar-refractivity contribution in [2.75, 3.05) is 5.32 Å². The number of nitrogens with one attached hydrogen (secondary N) is 2. The second-order valence-corrected chi connectivity index (χ2v) is 7.08. The van der Waals surface area contributed by atoms with Crippen LogP contribution in [0.15, 0.2) is 28.7 Å². The van der Waals surface area contributed by atoms with E-state index in [9.17, 15) is 28.0 Å². The average molecular weight is 406 g/mol. The van der Waals surface area contributed by atoms with E-state index < -0.39 is 28.9 Å². The molecule has 0 saturated carbocycles. The van der Waals surface area contributed by atoms with E-state index in [2.05, 4.69) is 23.7 Å². The summed E-state index contributed by atoms with van der Waals surface area (Å²) in [6.07, 6.45) is -2.82. The Morgan fingerprint density at radius 3 is 2.55 bits per heavy atom. The number of pyridine rings is 1. The van der Waals surface area contributed by atoms with Gasteiger partial charge in [-0.05, 0) is 43.5 Å². The number of nitrogens with zero attached hydrogens (tertiary/aromatic N) is 2. The highest BCUT2D eigenvalue weighted by atomic mass is 19.4. The molecule has 0 aliphatic heterocycles. The predicted octanol–water partition coefficient (Wildman–Crippen LogP) is 4.01. The van der Waals surface area contributed by atoms with Gasteiger partial charge in [-0.25, -0.2) is 0 Å². The first-order chi connectivity index (χ1) is 13.4. The van der Waals surface area contributed by atoms with Crippen LogP contribution in [0.3, 0.4) is 0 Å². The van der Waals surface area contributed by atoms with Crippen molar-refractivity contribution in [2.45, 2.75) is 40.4 Å². The lowest BCUT2D eigenvalue weighted by molar-refractivity contribution is -0.137. The van der Waals surface area contributed by atoms with Gasteiger partial charge in [-0.1, -0.05) is 13.8 Å². The monoisotopic (exact) mass is 406 g/mol. The number of H-pyrrole nitrogens is 1. The number of halogens is 3. The summed E-state index contributed by atoms with van der Waals surface area (Å²) in [7, 11) is 0. The number of carbonyl (C=O) groups is 1. The Balaban J connectivity index is 2.36. The smallest absolute Gasteiger partial charge is 0.348 e. The van der Waals surface area contributed by atoms with Crippen molar-refractivity contribution in [1.29, 1.82) is 5.26 Å². The van der Waals surface area contributed by atoms with Gasteiger partial charge in [0.25, 0.3) is 11.5 Å². The van der Waals surface area contributed by atoms with E-state index in [0.717, 1.165) is 17.9 Å². The maximum absolute atomic E-state index is 12.8. The van der Waals surface area contributed by atoms with Gasteiger partial charge in [0.15, 0.2) is 0 Å². The van der Waals surface area contributed by atoms with Crippen LogP contribution in [0.4, 0.5) is 18.9 Å². The summed E-state index contributed by atoms with van der Waals surface area (Å²) in [5, 5.41) is 11.4. The third-order valence-corrected chi connectivity index (χ3v) is 4.30.